The van der Waals surface area contributed by atoms with Crippen molar-refractivity contribution in [1.82, 2.24) is 14.9 Å². The van der Waals surface area contributed by atoms with Gasteiger partial charge in [-0.2, -0.15) is 5.10 Å². The lowest BCUT2D eigenvalue weighted by atomic mass is 10.2. The van der Waals surface area contributed by atoms with Gasteiger partial charge in [0.15, 0.2) is 17.3 Å². The zero-order valence-electron chi connectivity index (χ0n) is 13.8. The predicted molar refractivity (Wildman–Crippen MR) is 101 cm³/mol. The van der Waals surface area contributed by atoms with Crippen LogP contribution in [0.4, 0.5) is 0 Å². The molecule has 0 aliphatic rings. The molecule has 0 fully saturated rings. The summed E-state index contributed by atoms with van der Waals surface area (Å²) in [7, 11) is 1.62. The summed E-state index contributed by atoms with van der Waals surface area (Å²) in [6.07, 6.45) is 3.54. The van der Waals surface area contributed by atoms with E-state index in [2.05, 4.69) is 45.1 Å². The lowest BCUT2D eigenvalue weighted by Crippen LogP contribution is -2.17. The highest BCUT2D eigenvalue weighted by Gasteiger charge is 2.12. The molecule has 0 atom stereocenters. The van der Waals surface area contributed by atoms with E-state index < -0.39 is 0 Å². The Morgan fingerprint density at radius 3 is 2.96 bits per heavy atom. The summed E-state index contributed by atoms with van der Waals surface area (Å²) in [5.41, 5.74) is 4.31. The van der Waals surface area contributed by atoms with Crippen LogP contribution in [-0.4, -0.2) is 28.6 Å². The Bertz CT molecular complexity index is 757. The maximum Gasteiger partial charge on any atom is 0.214 e. The van der Waals surface area contributed by atoms with Crippen LogP contribution in [0.2, 0.25) is 0 Å². The molecule has 1 aromatic heterocycles. The number of aromatic nitrogens is 3. The number of H-pyrrole nitrogens is 1. The van der Waals surface area contributed by atoms with Crippen LogP contribution >= 0.6 is 28.1 Å². The Labute approximate surface area is 155 Å². The molecule has 1 heterocycles. The van der Waals surface area contributed by atoms with E-state index in [9.17, 15) is 0 Å². The number of benzene rings is 1. The second-order valence-corrected chi connectivity index (χ2v) is 6.32. The lowest BCUT2D eigenvalue weighted by molar-refractivity contribution is 0.324. The minimum absolute atomic E-state index is 0.414. The number of hydrogen-bond acceptors (Lipinski definition) is 5. The van der Waals surface area contributed by atoms with Crippen LogP contribution in [0.15, 0.2) is 29.3 Å². The number of nitrogens with zero attached hydrogens (tertiary/aromatic N) is 2. The van der Waals surface area contributed by atoms with E-state index in [-0.39, 0.29) is 0 Å². The average Bonchev–Trinajstić information content (AvgIpc) is 2.92. The zero-order valence-corrected chi connectivity index (χ0v) is 16.2. The molecule has 0 bridgehead atoms. The fraction of sp³-hybridized carbons (Fsp3) is 0.375. The van der Waals surface area contributed by atoms with E-state index in [4.69, 9.17) is 21.7 Å². The number of aromatic amines is 1. The summed E-state index contributed by atoms with van der Waals surface area (Å²) in [4.78, 5) is 0. The summed E-state index contributed by atoms with van der Waals surface area (Å²) in [6, 6.07) is 3.91. The van der Waals surface area contributed by atoms with E-state index in [1.165, 1.54) is 0 Å². The molecule has 2 aromatic rings. The molecule has 0 saturated heterocycles. The molecule has 0 radical (unpaired) electrons. The van der Waals surface area contributed by atoms with Gasteiger partial charge in [0.2, 0.25) is 4.77 Å². The van der Waals surface area contributed by atoms with Gasteiger partial charge in [0.05, 0.1) is 18.1 Å². The maximum atomic E-state index is 5.64. The van der Waals surface area contributed by atoms with Crippen molar-refractivity contribution in [3.63, 3.8) is 0 Å². The third-order valence-corrected chi connectivity index (χ3v) is 4.15. The number of halogens is 1. The van der Waals surface area contributed by atoms with Crippen molar-refractivity contribution in [3.05, 3.63) is 45.4 Å². The van der Waals surface area contributed by atoms with Crippen molar-refractivity contribution < 1.29 is 9.47 Å². The van der Waals surface area contributed by atoms with Gasteiger partial charge in [-0.15, -0.1) is 0 Å². The second-order valence-electron chi connectivity index (χ2n) is 5.07. The van der Waals surface area contributed by atoms with Gasteiger partial charge in [0, 0.05) is 6.42 Å². The molecule has 0 spiro atoms. The number of nitrogens with one attached hydrogen (secondary N) is 2. The number of methoxy groups -OCH3 is 1. The first-order valence-corrected chi connectivity index (χ1v) is 8.81. The highest BCUT2D eigenvalue weighted by Crippen LogP contribution is 2.36. The molecule has 8 heteroatoms. The number of ether oxygens (including phenoxy) is 2. The monoisotopic (exact) mass is 412 g/mol. The molecule has 0 aliphatic carbocycles. The van der Waals surface area contributed by atoms with Gasteiger partial charge in [-0.1, -0.05) is 19.6 Å². The number of rotatable bonds is 9. The van der Waals surface area contributed by atoms with Gasteiger partial charge in [-0.05, 0) is 52.3 Å². The van der Waals surface area contributed by atoms with Gasteiger partial charge in [-0.3, -0.25) is 5.10 Å². The third kappa shape index (κ3) is 4.39. The van der Waals surface area contributed by atoms with E-state index >= 15 is 0 Å². The molecule has 6 nitrogen and oxygen atoms in total. The van der Waals surface area contributed by atoms with Crippen LogP contribution in [0.5, 0.6) is 11.5 Å². The molecule has 0 aliphatic heterocycles. The van der Waals surface area contributed by atoms with Gasteiger partial charge in [0.25, 0.3) is 0 Å². The summed E-state index contributed by atoms with van der Waals surface area (Å²) in [6.45, 7) is 6.74. The maximum absolute atomic E-state index is 5.64. The first kappa shape index (κ1) is 18.5. The number of aryl methyl sites for hydroxylation is 1. The van der Waals surface area contributed by atoms with Crippen LogP contribution in [-0.2, 0) is 13.0 Å². The highest BCUT2D eigenvalue weighted by molar-refractivity contribution is 9.10. The van der Waals surface area contributed by atoms with Crippen molar-refractivity contribution >= 4 is 28.1 Å². The van der Waals surface area contributed by atoms with Gasteiger partial charge < -0.3 is 14.9 Å². The summed E-state index contributed by atoms with van der Waals surface area (Å²) < 4.78 is 14.2. The van der Waals surface area contributed by atoms with Crippen LogP contribution in [0.25, 0.3) is 0 Å². The molecular formula is C16H21BrN4O2S. The summed E-state index contributed by atoms with van der Waals surface area (Å²) >= 11 is 8.79. The molecule has 2 rings (SSSR count). The van der Waals surface area contributed by atoms with Crippen molar-refractivity contribution in [1.29, 1.82) is 0 Å². The topological polar surface area (TPSA) is 64.1 Å². The minimum Gasteiger partial charge on any atom is -0.493 e. The van der Waals surface area contributed by atoms with Crippen molar-refractivity contribution in [2.45, 2.75) is 26.3 Å². The first-order valence-electron chi connectivity index (χ1n) is 7.61. The average molecular weight is 413 g/mol. The molecular weight excluding hydrogens is 392 g/mol. The zero-order chi connectivity index (χ0) is 17.5. The second kappa shape index (κ2) is 8.89. The van der Waals surface area contributed by atoms with E-state index in [1.807, 2.05) is 12.1 Å². The van der Waals surface area contributed by atoms with Crippen molar-refractivity contribution in [2.75, 3.05) is 19.1 Å². The molecule has 130 valence electrons. The van der Waals surface area contributed by atoms with E-state index in [0.717, 1.165) is 28.7 Å². The lowest BCUT2D eigenvalue weighted by Gasteiger charge is -2.15. The summed E-state index contributed by atoms with van der Waals surface area (Å²) in [5, 5.41) is 7.05. The van der Waals surface area contributed by atoms with Crippen LogP contribution in [0.3, 0.4) is 0 Å². The van der Waals surface area contributed by atoms with E-state index in [0.29, 0.717) is 29.4 Å². The molecule has 0 saturated carbocycles. The molecule has 0 amide bonds. The molecule has 2 N–H and O–H groups in total. The predicted octanol–water partition coefficient (Wildman–Crippen LogP) is 3.97. The Kier molecular flexibility index (Phi) is 6.86. The van der Waals surface area contributed by atoms with Crippen LogP contribution in [0, 0.1) is 4.77 Å². The van der Waals surface area contributed by atoms with E-state index in [1.54, 1.807) is 17.9 Å². The fourth-order valence-electron chi connectivity index (χ4n) is 2.21. The smallest absolute Gasteiger partial charge is 0.214 e. The normalized spacial score (nSPS) is 10.5. The van der Waals surface area contributed by atoms with Gasteiger partial charge in [-0.25, -0.2) is 4.68 Å². The summed E-state index contributed by atoms with van der Waals surface area (Å²) in [5.74, 6) is 2.21. The number of hydrogen-bond donors (Lipinski definition) is 2. The highest BCUT2D eigenvalue weighted by atomic mass is 79.9. The van der Waals surface area contributed by atoms with Crippen molar-refractivity contribution in [2.24, 2.45) is 0 Å². The van der Waals surface area contributed by atoms with Crippen LogP contribution < -0.4 is 14.9 Å². The Morgan fingerprint density at radius 2 is 2.29 bits per heavy atom. The standard InChI is InChI=1S/C16H21BrN4O2S/c1-4-6-14-19-20-16(24)21(14)18-10-11-8-12(17)15(23-7-5-2)13(9-11)22-3/h5,8-9,18H,2,4,6-7,10H2,1,3H3,(H,20,24). The Balaban J connectivity index is 2.19. The molecule has 24 heavy (non-hydrogen) atoms. The molecule has 1 aromatic carbocycles. The fourth-order valence-corrected chi connectivity index (χ4v) is 3.03. The van der Waals surface area contributed by atoms with Crippen molar-refractivity contribution in [3.8, 4) is 11.5 Å². The Morgan fingerprint density at radius 1 is 1.50 bits per heavy atom. The first-order chi connectivity index (χ1) is 11.6. The third-order valence-electron chi connectivity index (χ3n) is 3.29. The largest absolute Gasteiger partial charge is 0.493 e. The minimum atomic E-state index is 0.414. The quantitative estimate of drug-likeness (QED) is 0.481. The van der Waals surface area contributed by atoms with Gasteiger partial charge >= 0.3 is 0 Å². The SMILES string of the molecule is C=CCOc1c(Br)cc(CNn2c(CCC)n[nH]c2=S)cc1OC. The van der Waals surface area contributed by atoms with Crippen LogP contribution in [0.1, 0.15) is 24.7 Å². The molecule has 0 unspecified atom stereocenters. The van der Waals surface area contributed by atoms with Gasteiger partial charge in [0.1, 0.15) is 6.61 Å². The Hall–Kier alpha value is -1.80.